The van der Waals surface area contributed by atoms with Crippen LogP contribution in [-0.4, -0.2) is 15.7 Å². The SMILES string of the molecule is Cc1c(C(=O)NCc2ccccc2)cnn1-c1ccc(F)cc1. The maximum Gasteiger partial charge on any atom is 0.255 e. The Morgan fingerprint density at radius 1 is 1.13 bits per heavy atom. The molecule has 0 saturated heterocycles. The Bertz CT molecular complexity index is 810. The largest absolute Gasteiger partial charge is 0.348 e. The van der Waals surface area contributed by atoms with Crippen LogP contribution in [0.15, 0.2) is 60.8 Å². The molecule has 5 heteroatoms. The van der Waals surface area contributed by atoms with Crippen LogP contribution < -0.4 is 5.32 Å². The van der Waals surface area contributed by atoms with Crippen LogP contribution in [0.1, 0.15) is 21.6 Å². The zero-order chi connectivity index (χ0) is 16.2. The zero-order valence-corrected chi connectivity index (χ0v) is 12.7. The van der Waals surface area contributed by atoms with Gasteiger partial charge in [-0.1, -0.05) is 30.3 Å². The van der Waals surface area contributed by atoms with E-state index >= 15 is 0 Å². The summed E-state index contributed by atoms with van der Waals surface area (Å²) < 4.78 is 14.6. The van der Waals surface area contributed by atoms with Gasteiger partial charge in [-0.15, -0.1) is 0 Å². The lowest BCUT2D eigenvalue weighted by atomic mass is 10.2. The number of carbonyl (C=O) groups excluding carboxylic acids is 1. The van der Waals surface area contributed by atoms with Gasteiger partial charge >= 0.3 is 0 Å². The number of amides is 1. The van der Waals surface area contributed by atoms with E-state index in [4.69, 9.17) is 0 Å². The van der Waals surface area contributed by atoms with Gasteiger partial charge in [-0.05, 0) is 36.8 Å². The van der Waals surface area contributed by atoms with Crippen molar-refractivity contribution >= 4 is 5.91 Å². The van der Waals surface area contributed by atoms with Crippen molar-refractivity contribution < 1.29 is 9.18 Å². The highest BCUT2D eigenvalue weighted by Crippen LogP contribution is 2.15. The zero-order valence-electron chi connectivity index (χ0n) is 12.7. The molecular formula is C18H16FN3O. The van der Waals surface area contributed by atoms with E-state index in [1.54, 1.807) is 16.8 Å². The fraction of sp³-hybridized carbons (Fsp3) is 0.111. The number of hydrogen-bond acceptors (Lipinski definition) is 2. The quantitative estimate of drug-likeness (QED) is 0.804. The molecule has 0 spiro atoms. The summed E-state index contributed by atoms with van der Waals surface area (Å²) >= 11 is 0. The molecule has 4 nitrogen and oxygen atoms in total. The number of halogens is 1. The molecule has 0 aliphatic rings. The molecule has 23 heavy (non-hydrogen) atoms. The molecule has 1 amide bonds. The monoisotopic (exact) mass is 309 g/mol. The number of rotatable bonds is 4. The van der Waals surface area contributed by atoms with Crippen molar-refractivity contribution in [1.82, 2.24) is 15.1 Å². The molecule has 0 aliphatic carbocycles. The summed E-state index contributed by atoms with van der Waals surface area (Å²) in [6, 6.07) is 15.7. The first-order chi connectivity index (χ1) is 11.1. The summed E-state index contributed by atoms with van der Waals surface area (Å²) in [6.45, 7) is 2.27. The molecule has 116 valence electrons. The number of nitrogens with zero attached hydrogens (tertiary/aromatic N) is 2. The van der Waals surface area contributed by atoms with E-state index in [2.05, 4.69) is 10.4 Å². The molecule has 0 bridgehead atoms. The summed E-state index contributed by atoms with van der Waals surface area (Å²) in [5.41, 5.74) is 2.96. The molecule has 0 atom stereocenters. The Hall–Kier alpha value is -2.95. The molecular weight excluding hydrogens is 293 g/mol. The lowest BCUT2D eigenvalue weighted by molar-refractivity contribution is 0.0950. The molecule has 0 unspecified atom stereocenters. The van der Waals surface area contributed by atoms with E-state index in [0.29, 0.717) is 23.5 Å². The van der Waals surface area contributed by atoms with Gasteiger partial charge in [0.15, 0.2) is 0 Å². The van der Waals surface area contributed by atoms with Gasteiger partial charge in [0.2, 0.25) is 0 Å². The van der Waals surface area contributed by atoms with Crippen molar-refractivity contribution in [2.24, 2.45) is 0 Å². The lowest BCUT2D eigenvalue weighted by Crippen LogP contribution is -2.23. The van der Waals surface area contributed by atoms with E-state index in [-0.39, 0.29) is 11.7 Å². The number of carbonyl (C=O) groups is 1. The van der Waals surface area contributed by atoms with Crippen LogP contribution in [0.25, 0.3) is 5.69 Å². The molecule has 0 saturated carbocycles. The van der Waals surface area contributed by atoms with Gasteiger partial charge in [-0.3, -0.25) is 4.79 Å². The van der Waals surface area contributed by atoms with Gasteiger partial charge in [0.05, 0.1) is 23.1 Å². The van der Waals surface area contributed by atoms with Crippen LogP contribution in [0.3, 0.4) is 0 Å². The first-order valence-corrected chi connectivity index (χ1v) is 7.28. The standard InChI is InChI=1S/C18H16FN3O/c1-13-17(18(23)20-11-14-5-3-2-4-6-14)12-21-22(13)16-9-7-15(19)8-10-16/h2-10,12H,11H2,1H3,(H,20,23). The second-order valence-electron chi connectivity index (χ2n) is 5.20. The van der Waals surface area contributed by atoms with Crippen LogP contribution in [0, 0.1) is 12.7 Å². The Balaban J connectivity index is 1.76. The molecule has 0 fully saturated rings. The van der Waals surface area contributed by atoms with E-state index < -0.39 is 0 Å². The summed E-state index contributed by atoms with van der Waals surface area (Å²) in [6.07, 6.45) is 1.53. The molecule has 0 radical (unpaired) electrons. The fourth-order valence-electron chi connectivity index (χ4n) is 2.35. The average Bonchev–Trinajstić information content (AvgIpc) is 2.96. The van der Waals surface area contributed by atoms with Crippen molar-refractivity contribution in [1.29, 1.82) is 0 Å². The number of benzene rings is 2. The van der Waals surface area contributed by atoms with E-state index in [9.17, 15) is 9.18 Å². The predicted molar refractivity (Wildman–Crippen MR) is 85.9 cm³/mol. The molecule has 1 aromatic heterocycles. The van der Waals surface area contributed by atoms with E-state index in [1.165, 1.54) is 18.3 Å². The maximum atomic E-state index is 13.0. The van der Waals surface area contributed by atoms with Crippen molar-refractivity contribution in [2.75, 3.05) is 0 Å². The highest BCUT2D eigenvalue weighted by Gasteiger charge is 2.14. The molecule has 0 aliphatic heterocycles. The number of hydrogen-bond donors (Lipinski definition) is 1. The lowest BCUT2D eigenvalue weighted by Gasteiger charge is -2.07. The van der Waals surface area contributed by atoms with Crippen molar-refractivity contribution in [3.63, 3.8) is 0 Å². The summed E-state index contributed by atoms with van der Waals surface area (Å²) in [7, 11) is 0. The Kier molecular flexibility index (Phi) is 4.19. The van der Waals surface area contributed by atoms with Crippen LogP contribution >= 0.6 is 0 Å². The van der Waals surface area contributed by atoms with Gasteiger partial charge < -0.3 is 5.32 Å². The van der Waals surface area contributed by atoms with Crippen LogP contribution in [-0.2, 0) is 6.54 Å². The Morgan fingerprint density at radius 3 is 2.52 bits per heavy atom. The second-order valence-corrected chi connectivity index (χ2v) is 5.20. The summed E-state index contributed by atoms with van der Waals surface area (Å²) in [5.74, 6) is -0.487. The van der Waals surface area contributed by atoms with Gasteiger partial charge in [-0.25, -0.2) is 9.07 Å². The average molecular weight is 309 g/mol. The van der Waals surface area contributed by atoms with Crippen LogP contribution in [0.4, 0.5) is 4.39 Å². The molecule has 3 rings (SSSR count). The Labute approximate surface area is 133 Å². The van der Waals surface area contributed by atoms with Crippen molar-refractivity contribution in [3.05, 3.63) is 83.4 Å². The summed E-state index contributed by atoms with van der Waals surface area (Å²) in [5, 5.41) is 7.10. The third-order valence-corrected chi connectivity index (χ3v) is 3.62. The van der Waals surface area contributed by atoms with Crippen molar-refractivity contribution in [2.45, 2.75) is 13.5 Å². The second kappa shape index (κ2) is 6.44. The van der Waals surface area contributed by atoms with Crippen LogP contribution in [0.2, 0.25) is 0 Å². The smallest absolute Gasteiger partial charge is 0.255 e. The predicted octanol–water partition coefficient (Wildman–Crippen LogP) is 3.25. The number of nitrogens with one attached hydrogen (secondary N) is 1. The Morgan fingerprint density at radius 2 is 1.83 bits per heavy atom. The minimum atomic E-state index is -0.306. The highest BCUT2D eigenvalue weighted by atomic mass is 19.1. The van der Waals surface area contributed by atoms with E-state index in [0.717, 1.165) is 5.56 Å². The van der Waals surface area contributed by atoms with Gasteiger partial charge in [0.1, 0.15) is 5.82 Å². The first kappa shape index (κ1) is 15.0. The minimum absolute atomic E-state index is 0.181. The topological polar surface area (TPSA) is 46.9 Å². The van der Waals surface area contributed by atoms with E-state index in [1.807, 2.05) is 37.3 Å². The van der Waals surface area contributed by atoms with Gasteiger partial charge in [-0.2, -0.15) is 5.10 Å². The summed E-state index contributed by atoms with van der Waals surface area (Å²) in [4.78, 5) is 12.3. The molecule has 3 aromatic rings. The molecule has 1 heterocycles. The molecule has 1 N–H and O–H groups in total. The van der Waals surface area contributed by atoms with Crippen molar-refractivity contribution in [3.8, 4) is 5.69 Å². The first-order valence-electron chi connectivity index (χ1n) is 7.28. The number of aromatic nitrogens is 2. The fourth-order valence-corrected chi connectivity index (χ4v) is 2.35. The molecule has 2 aromatic carbocycles. The van der Waals surface area contributed by atoms with Gasteiger partial charge in [0, 0.05) is 6.54 Å². The van der Waals surface area contributed by atoms with Gasteiger partial charge in [0.25, 0.3) is 5.91 Å². The highest BCUT2D eigenvalue weighted by molar-refractivity contribution is 5.95. The van der Waals surface area contributed by atoms with Crippen LogP contribution in [0.5, 0.6) is 0 Å². The minimum Gasteiger partial charge on any atom is -0.348 e. The third kappa shape index (κ3) is 3.29. The maximum absolute atomic E-state index is 13.0. The normalized spacial score (nSPS) is 10.5. The third-order valence-electron chi connectivity index (χ3n) is 3.62.